The average molecular weight is 312 g/mol. The van der Waals surface area contributed by atoms with Crippen LogP contribution in [0.4, 0.5) is 24.5 Å². The van der Waals surface area contributed by atoms with E-state index in [1.165, 1.54) is 6.92 Å². The molecule has 110 valence electrons. The van der Waals surface area contributed by atoms with Crippen LogP contribution in [0.3, 0.4) is 0 Å². The molecular weight excluding hydrogens is 303 g/mol. The van der Waals surface area contributed by atoms with Gasteiger partial charge in [0, 0.05) is 0 Å². The summed E-state index contributed by atoms with van der Waals surface area (Å²) in [4.78, 5) is 13.7. The van der Waals surface area contributed by atoms with Crippen molar-refractivity contribution in [2.24, 2.45) is 10.7 Å². The summed E-state index contributed by atoms with van der Waals surface area (Å²) >= 11 is 5.41. The number of ether oxygens (including phenoxy) is 1. The van der Waals surface area contributed by atoms with Crippen LogP contribution in [-0.2, 0) is 0 Å². The fourth-order valence-electron chi connectivity index (χ4n) is 1.38. The Morgan fingerprint density at radius 1 is 1.55 bits per heavy atom. The maximum absolute atomic E-state index is 12.1. The minimum Gasteiger partial charge on any atom is -0.406 e. The van der Waals surface area contributed by atoms with Gasteiger partial charge in [0.25, 0.3) is 5.69 Å². The first-order valence-electron chi connectivity index (χ1n) is 5.08. The predicted molar refractivity (Wildman–Crippen MR) is 66.5 cm³/mol. The highest BCUT2D eigenvalue weighted by Crippen LogP contribution is 2.37. The SMILES string of the molecule is Cc1cc(OC(F)(F)F)cc([N+](=O)[O-])c1N=C(N)CCl. The summed E-state index contributed by atoms with van der Waals surface area (Å²) in [5, 5.41) is 10.9. The Balaban J connectivity index is 3.37. The second-order valence-corrected chi connectivity index (χ2v) is 3.92. The smallest absolute Gasteiger partial charge is 0.406 e. The molecule has 2 N–H and O–H groups in total. The molecule has 0 saturated heterocycles. The van der Waals surface area contributed by atoms with Crippen LogP contribution < -0.4 is 10.5 Å². The van der Waals surface area contributed by atoms with Crippen molar-refractivity contribution in [3.63, 3.8) is 0 Å². The van der Waals surface area contributed by atoms with Gasteiger partial charge in [-0.05, 0) is 18.6 Å². The molecule has 0 bridgehead atoms. The Kier molecular flexibility index (Phi) is 4.77. The number of nitro groups is 1. The van der Waals surface area contributed by atoms with Gasteiger partial charge in [0.05, 0.1) is 16.9 Å². The molecule has 0 aliphatic rings. The van der Waals surface area contributed by atoms with Gasteiger partial charge in [-0.15, -0.1) is 24.8 Å². The minimum atomic E-state index is -4.94. The molecule has 0 aliphatic carbocycles. The van der Waals surface area contributed by atoms with Crippen LogP contribution in [0.15, 0.2) is 17.1 Å². The third kappa shape index (κ3) is 4.26. The van der Waals surface area contributed by atoms with Crippen molar-refractivity contribution in [3.8, 4) is 5.75 Å². The quantitative estimate of drug-likeness (QED) is 0.304. The van der Waals surface area contributed by atoms with E-state index >= 15 is 0 Å². The monoisotopic (exact) mass is 311 g/mol. The zero-order chi connectivity index (χ0) is 15.5. The summed E-state index contributed by atoms with van der Waals surface area (Å²) < 4.78 is 40.0. The number of halogens is 4. The van der Waals surface area contributed by atoms with E-state index in [2.05, 4.69) is 9.73 Å². The predicted octanol–water partition coefficient (Wildman–Crippen LogP) is 3.03. The van der Waals surface area contributed by atoms with E-state index in [0.717, 1.165) is 6.07 Å². The van der Waals surface area contributed by atoms with Gasteiger partial charge >= 0.3 is 6.36 Å². The Morgan fingerprint density at radius 2 is 2.15 bits per heavy atom. The summed E-state index contributed by atoms with van der Waals surface area (Å²) in [6, 6.07) is 1.60. The number of benzene rings is 1. The second-order valence-electron chi connectivity index (χ2n) is 3.65. The van der Waals surface area contributed by atoms with Gasteiger partial charge in [-0.2, -0.15) is 0 Å². The number of amidine groups is 1. The third-order valence-corrected chi connectivity index (χ3v) is 2.35. The zero-order valence-corrected chi connectivity index (χ0v) is 10.8. The number of rotatable bonds is 4. The summed E-state index contributed by atoms with van der Waals surface area (Å²) in [6.07, 6.45) is -4.94. The van der Waals surface area contributed by atoms with Crippen molar-refractivity contribution in [2.75, 3.05) is 5.88 Å². The topological polar surface area (TPSA) is 90.8 Å². The van der Waals surface area contributed by atoms with Gasteiger partial charge in [0.15, 0.2) is 0 Å². The average Bonchev–Trinajstić information content (AvgIpc) is 2.29. The Bertz CT molecular complexity index is 561. The van der Waals surface area contributed by atoms with Crippen molar-refractivity contribution in [2.45, 2.75) is 13.3 Å². The molecule has 0 saturated carbocycles. The van der Waals surface area contributed by atoms with Gasteiger partial charge in [0.2, 0.25) is 0 Å². The summed E-state index contributed by atoms with van der Waals surface area (Å²) in [5.41, 5.74) is 4.65. The van der Waals surface area contributed by atoms with E-state index in [0.29, 0.717) is 6.07 Å². The number of hydrogen-bond acceptors (Lipinski definition) is 4. The lowest BCUT2D eigenvalue weighted by molar-refractivity contribution is -0.384. The molecule has 20 heavy (non-hydrogen) atoms. The maximum atomic E-state index is 12.1. The number of nitrogens with two attached hydrogens (primary N) is 1. The highest BCUT2D eigenvalue weighted by molar-refractivity contribution is 6.28. The molecule has 10 heteroatoms. The number of aliphatic imine (C=N–C) groups is 1. The number of alkyl halides is 4. The van der Waals surface area contributed by atoms with E-state index < -0.39 is 22.7 Å². The normalized spacial score (nSPS) is 12.3. The molecule has 1 rings (SSSR count). The number of nitrogens with zero attached hydrogens (tertiary/aromatic N) is 2. The standard InChI is InChI=1S/C10H9ClF3N3O3/c1-5-2-6(20-10(12,13)14)3-7(17(18)19)9(5)16-8(15)4-11/h2-3H,4H2,1H3,(H2,15,16). The molecule has 1 aromatic rings. The van der Waals surface area contributed by atoms with Crippen LogP contribution in [0.1, 0.15) is 5.56 Å². The van der Waals surface area contributed by atoms with Crippen LogP contribution in [-0.4, -0.2) is 23.0 Å². The van der Waals surface area contributed by atoms with Gasteiger partial charge < -0.3 is 10.5 Å². The Hall–Kier alpha value is -2.03. The highest BCUT2D eigenvalue weighted by Gasteiger charge is 2.32. The molecule has 0 aromatic heterocycles. The van der Waals surface area contributed by atoms with Crippen molar-refractivity contribution >= 4 is 28.8 Å². The molecule has 0 unspecified atom stereocenters. The van der Waals surface area contributed by atoms with E-state index in [4.69, 9.17) is 17.3 Å². The Labute approximate surface area is 116 Å². The van der Waals surface area contributed by atoms with Crippen LogP contribution >= 0.6 is 11.6 Å². The molecule has 6 nitrogen and oxygen atoms in total. The van der Waals surface area contributed by atoms with Gasteiger partial charge in [-0.1, -0.05) is 0 Å². The second kappa shape index (κ2) is 5.95. The van der Waals surface area contributed by atoms with Crippen molar-refractivity contribution in [1.82, 2.24) is 0 Å². The zero-order valence-electron chi connectivity index (χ0n) is 10.1. The molecular formula is C10H9ClF3N3O3. The molecule has 0 spiro atoms. The van der Waals surface area contributed by atoms with E-state index in [9.17, 15) is 23.3 Å². The lowest BCUT2D eigenvalue weighted by atomic mass is 10.1. The molecule has 0 amide bonds. The van der Waals surface area contributed by atoms with Gasteiger partial charge in [-0.3, -0.25) is 10.1 Å². The summed E-state index contributed by atoms with van der Waals surface area (Å²) in [7, 11) is 0. The number of nitro benzene ring substituents is 1. The molecule has 0 atom stereocenters. The first-order valence-corrected chi connectivity index (χ1v) is 5.61. The molecule has 0 heterocycles. The molecule has 0 radical (unpaired) electrons. The molecule has 0 fully saturated rings. The van der Waals surface area contributed by atoms with Crippen molar-refractivity contribution < 1.29 is 22.8 Å². The van der Waals surface area contributed by atoms with Gasteiger partial charge in [-0.25, -0.2) is 4.99 Å². The van der Waals surface area contributed by atoms with Crippen LogP contribution in [0.2, 0.25) is 0 Å². The maximum Gasteiger partial charge on any atom is 0.573 e. The van der Waals surface area contributed by atoms with E-state index in [-0.39, 0.29) is 23.0 Å². The highest BCUT2D eigenvalue weighted by atomic mass is 35.5. The van der Waals surface area contributed by atoms with Crippen LogP contribution in [0.25, 0.3) is 0 Å². The van der Waals surface area contributed by atoms with E-state index in [1.54, 1.807) is 0 Å². The first kappa shape index (κ1) is 16.0. The third-order valence-electron chi connectivity index (χ3n) is 2.08. The summed E-state index contributed by atoms with van der Waals surface area (Å²) in [6.45, 7) is 1.34. The number of hydrogen-bond donors (Lipinski definition) is 1. The number of aryl methyl sites for hydroxylation is 1. The Morgan fingerprint density at radius 3 is 2.60 bits per heavy atom. The largest absolute Gasteiger partial charge is 0.573 e. The van der Waals surface area contributed by atoms with Gasteiger partial charge in [0.1, 0.15) is 17.3 Å². The van der Waals surface area contributed by atoms with Crippen molar-refractivity contribution in [3.05, 3.63) is 27.8 Å². The minimum absolute atomic E-state index is 0.0950. The van der Waals surface area contributed by atoms with Crippen LogP contribution in [0.5, 0.6) is 5.75 Å². The lowest BCUT2D eigenvalue weighted by Gasteiger charge is -2.11. The van der Waals surface area contributed by atoms with Crippen molar-refractivity contribution in [1.29, 1.82) is 0 Å². The van der Waals surface area contributed by atoms with E-state index in [1.807, 2.05) is 0 Å². The fourth-order valence-corrected chi connectivity index (χ4v) is 1.44. The first-order chi connectivity index (χ1) is 9.14. The fraction of sp³-hybridized carbons (Fsp3) is 0.300. The van der Waals surface area contributed by atoms with Crippen LogP contribution in [0, 0.1) is 17.0 Å². The molecule has 0 aliphatic heterocycles. The lowest BCUT2D eigenvalue weighted by Crippen LogP contribution is -2.17. The molecule has 1 aromatic carbocycles. The summed E-state index contributed by atoms with van der Waals surface area (Å²) in [5.74, 6) is -0.968.